The van der Waals surface area contributed by atoms with Gasteiger partial charge in [-0.3, -0.25) is 0 Å². The predicted octanol–water partition coefficient (Wildman–Crippen LogP) is 3.25. The van der Waals surface area contributed by atoms with Crippen molar-refractivity contribution in [2.24, 2.45) is 0 Å². The molecule has 2 rings (SSSR count). The van der Waals surface area contributed by atoms with Gasteiger partial charge in [0.25, 0.3) is 0 Å². The van der Waals surface area contributed by atoms with Gasteiger partial charge in [-0.15, -0.1) is 0 Å². The van der Waals surface area contributed by atoms with Crippen molar-refractivity contribution in [1.29, 1.82) is 0 Å². The molecular formula is C16H15F2NO4. The van der Waals surface area contributed by atoms with Crippen LogP contribution in [0, 0.1) is 11.6 Å². The van der Waals surface area contributed by atoms with Crippen LogP contribution in [0.15, 0.2) is 36.4 Å². The SMILES string of the molecule is CC(CNc1ccc(O)c(C(=O)O)c1)Oc1c(F)cccc1F. The van der Waals surface area contributed by atoms with Crippen molar-refractivity contribution < 1.29 is 28.5 Å². The number of ether oxygens (including phenoxy) is 1. The van der Waals surface area contributed by atoms with Gasteiger partial charge in [0, 0.05) is 5.69 Å². The Labute approximate surface area is 131 Å². The molecule has 3 N–H and O–H groups in total. The highest BCUT2D eigenvalue weighted by Crippen LogP contribution is 2.23. The second-order valence-corrected chi connectivity index (χ2v) is 4.90. The van der Waals surface area contributed by atoms with Crippen LogP contribution in [0.25, 0.3) is 0 Å². The zero-order valence-corrected chi connectivity index (χ0v) is 12.2. The summed E-state index contributed by atoms with van der Waals surface area (Å²) in [4.78, 5) is 10.9. The minimum absolute atomic E-state index is 0.178. The summed E-state index contributed by atoms with van der Waals surface area (Å²) in [6.45, 7) is 1.79. The predicted molar refractivity (Wildman–Crippen MR) is 80.0 cm³/mol. The average Bonchev–Trinajstić information content (AvgIpc) is 2.50. The highest BCUT2D eigenvalue weighted by Gasteiger charge is 2.14. The second kappa shape index (κ2) is 6.95. The molecular weight excluding hydrogens is 308 g/mol. The zero-order valence-electron chi connectivity index (χ0n) is 12.2. The Balaban J connectivity index is 2.01. The van der Waals surface area contributed by atoms with Crippen molar-refractivity contribution in [3.8, 4) is 11.5 Å². The van der Waals surface area contributed by atoms with E-state index in [1.54, 1.807) is 6.92 Å². The summed E-state index contributed by atoms with van der Waals surface area (Å²) in [5.74, 6) is -3.66. The first kappa shape index (κ1) is 16.5. The fourth-order valence-electron chi connectivity index (χ4n) is 1.92. The summed E-state index contributed by atoms with van der Waals surface area (Å²) in [6.07, 6.45) is -0.580. The second-order valence-electron chi connectivity index (χ2n) is 4.90. The third-order valence-corrected chi connectivity index (χ3v) is 3.06. The highest BCUT2D eigenvalue weighted by molar-refractivity contribution is 5.91. The third-order valence-electron chi connectivity index (χ3n) is 3.06. The van der Waals surface area contributed by atoms with Gasteiger partial charge in [0.05, 0.1) is 6.54 Å². The fourth-order valence-corrected chi connectivity index (χ4v) is 1.92. The molecule has 0 aliphatic heterocycles. The molecule has 1 unspecified atom stereocenters. The number of rotatable bonds is 6. The van der Waals surface area contributed by atoms with Crippen molar-refractivity contribution in [2.75, 3.05) is 11.9 Å². The lowest BCUT2D eigenvalue weighted by molar-refractivity contribution is 0.0694. The summed E-state index contributed by atoms with van der Waals surface area (Å²) >= 11 is 0. The van der Waals surface area contributed by atoms with Crippen molar-refractivity contribution in [1.82, 2.24) is 0 Å². The molecule has 0 radical (unpaired) electrons. The summed E-state index contributed by atoms with van der Waals surface area (Å²) in [5, 5.41) is 21.2. The van der Waals surface area contributed by atoms with E-state index >= 15 is 0 Å². The van der Waals surface area contributed by atoms with Gasteiger partial charge in [0.1, 0.15) is 17.4 Å². The molecule has 5 nitrogen and oxygen atoms in total. The van der Waals surface area contributed by atoms with Crippen molar-refractivity contribution in [3.63, 3.8) is 0 Å². The molecule has 0 aliphatic rings. The van der Waals surface area contributed by atoms with Crippen LogP contribution in [0.5, 0.6) is 11.5 Å². The highest BCUT2D eigenvalue weighted by atomic mass is 19.1. The number of phenols is 1. The lowest BCUT2D eigenvalue weighted by atomic mass is 10.1. The fraction of sp³-hybridized carbons (Fsp3) is 0.188. The van der Waals surface area contributed by atoms with Gasteiger partial charge in [-0.05, 0) is 37.3 Å². The van der Waals surface area contributed by atoms with Gasteiger partial charge >= 0.3 is 5.97 Å². The lowest BCUT2D eigenvalue weighted by Crippen LogP contribution is -2.23. The first-order chi connectivity index (χ1) is 10.9. The normalized spacial score (nSPS) is 11.8. The van der Waals surface area contributed by atoms with Crippen molar-refractivity contribution >= 4 is 11.7 Å². The molecule has 122 valence electrons. The minimum atomic E-state index is -1.26. The van der Waals surface area contributed by atoms with Gasteiger partial charge < -0.3 is 20.3 Å². The Kier molecular flexibility index (Phi) is 5.00. The van der Waals surface area contributed by atoms with E-state index in [2.05, 4.69) is 5.32 Å². The molecule has 1 atom stereocenters. The number of para-hydroxylation sites is 1. The lowest BCUT2D eigenvalue weighted by Gasteiger charge is -2.17. The Morgan fingerprint density at radius 3 is 2.52 bits per heavy atom. The number of carbonyl (C=O) groups is 1. The Hall–Kier alpha value is -2.83. The van der Waals surface area contributed by atoms with Crippen LogP contribution in [-0.4, -0.2) is 28.8 Å². The van der Waals surface area contributed by atoms with Gasteiger partial charge in [-0.2, -0.15) is 0 Å². The average molecular weight is 323 g/mol. The number of nitrogens with one attached hydrogen (secondary N) is 1. The number of anilines is 1. The Morgan fingerprint density at radius 1 is 1.26 bits per heavy atom. The molecule has 0 amide bonds. The maximum Gasteiger partial charge on any atom is 0.339 e. The molecule has 0 fully saturated rings. The van der Waals surface area contributed by atoms with Gasteiger partial charge in [-0.25, -0.2) is 13.6 Å². The Bertz CT molecular complexity index is 701. The van der Waals surface area contributed by atoms with Crippen LogP contribution >= 0.6 is 0 Å². The summed E-state index contributed by atoms with van der Waals surface area (Å²) in [6, 6.07) is 7.42. The first-order valence-electron chi connectivity index (χ1n) is 6.79. The molecule has 0 spiro atoms. The van der Waals surface area contributed by atoms with Crippen LogP contribution in [0.3, 0.4) is 0 Å². The molecule has 0 aromatic heterocycles. The molecule has 0 saturated heterocycles. The molecule has 0 saturated carbocycles. The molecule has 0 aliphatic carbocycles. The van der Waals surface area contributed by atoms with Crippen molar-refractivity contribution in [3.05, 3.63) is 53.6 Å². The number of hydrogen-bond acceptors (Lipinski definition) is 4. The first-order valence-corrected chi connectivity index (χ1v) is 6.79. The van der Waals surface area contributed by atoms with E-state index in [0.717, 1.165) is 12.1 Å². The van der Waals surface area contributed by atoms with Crippen LogP contribution < -0.4 is 10.1 Å². The molecule has 7 heteroatoms. The summed E-state index contributed by atoms with van der Waals surface area (Å²) < 4.78 is 32.2. The smallest absolute Gasteiger partial charge is 0.339 e. The number of hydrogen-bond donors (Lipinski definition) is 3. The molecule has 0 heterocycles. The number of halogens is 2. The van der Waals surface area contributed by atoms with E-state index in [0.29, 0.717) is 5.69 Å². The Morgan fingerprint density at radius 2 is 1.91 bits per heavy atom. The van der Waals surface area contributed by atoms with E-state index in [1.807, 2.05) is 0 Å². The largest absolute Gasteiger partial charge is 0.507 e. The standard InChI is InChI=1S/C16H15F2NO4/c1-9(23-15-12(17)3-2-4-13(15)18)8-19-10-5-6-14(20)11(7-10)16(21)22/h2-7,9,19-20H,8H2,1H3,(H,21,22). The van der Waals surface area contributed by atoms with Gasteiger partial charge in [0.15, 0.2) is 17.4 Å². The molecule has 0 bridgehead atoms. The summed E-state index contributed by atoms with van der Waals surface area (Å²) in [5.41, 5.74) is 0.188. The monoisotopic (exact) mass is 323 g/mol. The van der Waals surface area contributed by atoms with E-state index in [1.165, 1.54) is 24.3 Å². The van der Waals surface area contributed by atoms with Crippen LogP contribution in [0.1, 0.15) is 17.3 Å². The van der Waals surface area contributed by atoms with E-state index in [-0.39, 0.29) is 17.9 Å². The van der Waals surface area contributed by atoms with E-state index in [4.69, 9.17) is 9.84 Å². The van der Waals surface area contributed by atoms with Gasteiger partial charge in [0.2, 0.25) is 0 Å². The maximum absolute atomic E-state index is 13.5. The zero-order chi connectivity index (χ0) is 17.0. The topological polar surface area (TPSA) is 78.8 Å². The maximum atomic E-state index is 13.5. The van der Waals surface area contributed by atoms with E-state index in [9.17, 15) is 18.7 Å². The third kappa shape index (κ3) is 4.09. The number of carboxylic acids is 1. The number of aromatic carboxylic acids is 1. The van der Waals surface area contributed by atoms with E-state index < -0.39 is 29.5 Å². The number of benzene rings is 2. The van der Waals surface area contributed by atoms with Crippen LogP contribution in [0.2, 0.25) is 0 Å². The molecule has 2 aromatic carbocycles. The molecule has 2 aromatic rings. The van der Waals surface area contributed by atoms with Crippen LogP contribution in [-0.2, 0) is 0 Å². The number of carboxylic acid groups (broad SMARTS) is 1. The van der Waals surface area contributed by atoms with Crippen LogP contribution in [0.4, 0.5) is 14.5 Å². The quantitative estimate of drug-likeness (QED) is 0.711. The van der Waals surface area contributed by atoms with Gasteiger partial charge in [-0.1, -0.05) is 6.07 Å². The number of aromatic hydroxyl groups is 1. The molecule has 23 heavy (non-hydrogen) atoms. The summed E-state index contributed by atoms with van der Waals surface area (Å²) in [7, 11) is 0. The van der Waals surface area contributed by atoms with Crippen molar-refractivity contribution in [2.45, 2.75) is 13.0 Å². The minimum Gasteiger partial charge on any atom is -0.507 e.